The highest BCUT2D eigenvalue weighted by Crippen LogP contribution is 2.06. The Morgan fingerprint density at radius 2 is 1.94 bits per heavy atom. The van der Waals surface area contributed by atoms with Crippen LogP contribution in [0.2, 0.25) is 0 Å². The van der Waals surface area contributed by atoms with Crippen molar-refractivity contribution in [1.29, 1.82) is 0 Å². The van der Waals surface area contributed by atoms with Gasteiger partial charge in [0.05, 0.1) is 6.61 Å². The zero-order valence-corrected chi connectivity index (χ0v) is 12.0. The molecule has 0 heterocycles. The summed E-state index contributed by atoms with van der Waals surface area (Å²) in [6.45, 7) is 12.9. The molecule has 0 amide bonds. The summed E-state index contributed by atoms with van der Waals surface area (Å²) >= 11 is 0. The first-order chi connectivity index (χ1) is 8.49. The third kappa shape index (κ3) is 8.62. The summed E-state index contributed by atoms with van der Waals surface area (Å²) in [6, 6.07) is 0. The van der Waals surface area contributed by atoms with Gasteiger partial charge >= 0.3 is 5.97 Å². The number of carbonyl (C=O) groups is 1. The van der Waals surface area contributed by atoms with E-state index in [0.717, 1.165) is 24.1 Å². The Hall–Kier alpha value is -1.51. The first kappa shape index (κ1) is 16.5. The van der Waals surface area contributed by atoms with Crippen molar-refractivity contribution in [2.45, 2.75) is 40.5 Å². The first-order valence-electron chi connectivity index (χ1n) is 6.43. The predicted molar refractivity (Wildman–Crippen MR) is 76.2 cm³/mol. The summed E-state index contributed by atoms with van der Waals surface area (Å²) in [5.74, 6) is -0.306. The van der Waals surface area contributed by atoms with Crippen molar-refractivity contribution in [2.75, 3.05) is 13.2 Å². The Morgan fingerprint density at radius 3 is 2.50 bits per heavy atom. The van der Waals surface area contributed by atoms with Crippen LogP contribution in [0.4, 0.5) is 0 Å². The van der Waals surface area contributed by atoms with E-state index >= 15 is 0 Å². The summed E-state index contributed by atoms with van der Waals surface area (Å²) in [7, 11) is 0. The van der Waals surface area contributed by atoms with Gasteiger partial charge in [0.1, 0.15) is 0 Å². The lowest BCUT2D eigenvalue weighted by molar-refractivity contribution is -0.137. The topological polar surface area (TPSA) is 38.3 Å². The van der Waals surface area contributed by atoms with Crippen LogP contribution in [-0.2, 0) is 9.53 Å². The molecule has 0 saturated carbocycles. The van der Waals surface area contributed by atoms with E-state index in [2.05, 4.69) is 24.9 Å². The number of esters is 1. The summed E-state index contributed by atoms with van der Waals surface area (Å²) in [4.78, 5) is 11.2. The van der Waals surface area contributed by atoms with E-state index < -0.39 is 0 Å². The lowest BCUT2D eigenvalue weighted by Crippen LogP contribution is -2.15. The molecule has 102 valence electrons. The number of carbonyl (C=O) groups excluding carboxylic acids is 1. The van der Waals surface area contributed by atoms with Crippen LogP contribution in [-0.4, -0.2) is 19.1 Å². The standard InChI is InChI=1S/C15H25NO2/c1-6-8-12(3)9-13(4)11-16-14(5)10-15(17)18-7-2/h9-10,16H,3,6-8,11H2,1-2,4-5H3/b13-9-,14-10-. The van der Waals surface area contributed by atoms with Gasteiger partial charge in [0.25, 0.3) is 0 Å². The number of ether oxygens (including phenoxy) is 1. The van der Waals surface area contributed by atoms with Gasteiger partial charge in [-0.3, -0.25) is 0 Å². The van der Waals surface area contributed by atoms with E-state index in [9.17, 15) is 4.79 Å². The molecule has 0 aromatic rings. The molecule has 0 aromatic carbocycles. The number of nitrogens with one attached hydrogen (secondary N) is 1. The van der Waals surface area contributed by atoms with Crippen molar-refractivity contribution in [3.05, 3.63) is 35.6 Å². The largest absolute Gasteiger partial charge is 0.463 e. The van der Waals surface area contributed by atoms with E-state index in [1.54, 1.807) is 6.92 Å². The molecule has 0 fully saturated rings. The van der Waals surface area contributed by atoms with Crippen LogP contribution < -0.4 is 5.32 Å². The lowest BCUT2D eigenvalue weighted by atomic mass is 10.1. The predicted octanol–water partition coefficient (Wildman–Crippen LogP) is 3.35. The maximum absolute atomic E-state index is 11.2. The SMILES string of the molecule is C=C(/C=C(/C)CN/C(C)=C\C(=O)OCC)CCC. The Labute approximate surface area is 111 Å². The van der Waals surface area contributed by atoms with Gasteiger partial charge in [0.2, 0.25) is 0 Å². The molecule has 0 aliphatic rings. The maximum atomic E-state index is 11.2. The fraction of sp³-hybridized carbons (Fsp3) is 0.533. The molecule has 18 heavy (non-hydrogen) atoms. The number of hydrogen-bond donors (Lipinski definition) is 1. The zero-order valence-electron chi connectivity index (χ0n) is 12.0. The molecule has 3 nitrogen and oxygen atoms in total. The second-order valence-electron chi connectivity index (χ2n) is 4.33. The highest BCUT2D eigenvalue weighted by atomic mass is 16.5. The number of hydrogen-bond acceptors (Lipinski definition) is 3. The van der Waals surface area contributed by atoms with Gasteiger partial charge in [-0.1, -0.05) is 37.1 Å². The lowest BCUT2D eigenvalue weighted by Gasteiger charge is -2.07. The molecule has 0 atom stereocenters. The Balaban J connectivity index is 4.15. The van der Waals surface area contributed by atoms with Crippen molar-refractivity contribution in [2.24, 2.45) is 0 Å². The third-order valence-electron chi connectivity index (χ3n) is 2.29. The van der Waals surface area contributed by atoms with Crippen LogP contribution >= 0.6 is 0 Å². The highest BCUT2D eigenvalue weighted by molar-refractivity contribution is 5.82. The van der Waals surface area contributed by atoms with Gasteiger partial charge in [0, 0.05) is 18.3 Å². The van der Waals surface area contributed by atoms with E-state index in [1.807, 2.05) is 13.8 Å². The van der Waals surface area contributed by atoms with Crippen LogP contribution in [0.25, 0.3) is 0 Å². The summed E-state index contributed by atoms with van der Waals surface area (Å²) in [5.41, 5.74) is 3.15. The molecule has 0 rings (SSSR count). The minimum absolute atomic E-state index is 0.306. The van der Waals surface area contributed by atoms with Gasteiger partial charge in [-0.2, -0.15) is 0 Å². The third-order valence-corrected chi connectivity index (χ3v) is 2.29. The molecule has 0 unspecified atom stereocenters. The van der Waals surface area contributed by atoms with Gasteiger partial charge in [-0.25, -0.2) is 4.79 Å². The van der Waals surface area contributed by atoms with E-state index in [4.69, 9.17) is 4.74 Å². The fourth-order valence-corrected chi connectivity index (χ4v) is 1.48. The number of rotatable bonds is 8. The molecule has 0 saturated heterocycles. The van der Waals surface area contributed by atoms with Crippen LogP contribution in [0, 0.1) is 0 Å². The van der Waals surface area contributed by atoms with Gasteiger partial charge < -0.3 is 10.1 Å². The Kier molecular flexibility index (Phi) is 8.71. The smallest absolute Gasteiger partial charge is 0.332 e. The molecule has 0 bridgehead atoms. The molecule has 0 aromatic heterocycles. The average Bonchev–Trinajstić information content (AvgIpc) is 2.27. The minimum Gasteiger partial charge on any atom is -0.463 e. The maximum Gasteiger partial charge on any atom is 0.332 e. The Bertz CT molecular complexity index is 306. The van der Waals surface area contributed by atoms with Crippen molar-refractivity contribution in [1.82, 2.24) is 5.32 Å². The van der Waals surface area contributed by atoms with Crippen molar-refractivity contribution in [3.8, 4) is 0 Å². The van der Waals surface area contributed by atoms with Crippen molar-refractivity contribution >= 4 is 5.97 Å². The van der Waals surface area contributed by atoms with E-state index in [0.29, 0.717) is 13.2 Å². The molecule has 0 aliphatic carbocycles. The second kappa shape index (κ2) is 9.51. The quantitative estimate of drug-likeness (QED) is 0.408. The van der Waals surface area contributed by atoms with Gasteiger partial charge in [0.15, 0.2) is 0 Å². The summed E-state index contributed by atoms with van der Waals surface area (Å²) in [5, 5.41) is 3.17. The first-order valence-corrected chi connectivity index (χ1v) is 6.43. The van der Waals surface area contributed by atoms with Crippen LogP contribution in [0.3, 0.4) is 0 Å². The van der Waals surface area contributed by atoms with Crippen molar-refractivity contribution < 1.29 is 9.53 Å². The van der Waals surface area contributed by atoms with Gasteiger partial charge in [-0.05, 0) is 27.2 Å². The zero-order chi connectivity index (χ0) is 14.0. The molecule has 3 heteroatoms. The van der Waals surface area contributed by atoms with E-state index in [-0.39, 0.29) is 5.97 Å². The van der Waals surface area contributed by atoms with Gasteiger partial charge in [-0.15, -0.1) is 0 Å². The van der Waals surface area contributed by atoms with Crippen LogP contribution in [0.15, 0.2) is 35.6 Å². The average molecular weight is 251 g/mol. The second-order valence-corrected chi connectivity index (χ2v) is 4.33. The molecule has 0 radical (unpaired) electrons. The highest BCUT2D eigenvalue weighted by Gasteiger charge is 1.98. The normalized spacial score (nSPS) is 12.2. The molecule has 0 spiro atoms. The van der Waals surface area contributed by atoms with E-state index in [1.165, 1.54) is 11.6 Å². The molecular formula is C15H25NO2. The van der Waals surface area contributed by atoms with Crippen molar-refractivity contribution in [3.63, 3.8) is 0 Å². The summed E-state index contributed by atoms with van der Waals surface area (Å²) in [6.07, 6.45) is 5.69. The minimum atomic E-state index is -0.306. The number of allylic oxidation sites excluding steroid dienone is 3. The molecule has 0 aliphatic heterocycles. The monoisotopic (exact) mass is 251 g/mol. The fourth-order valence-electron chi connectivity index (χ4n) is 1.48. The molecular weight excluding hydrogens is 226 g/mol. The van der Waals surface area contributed by atoms with Crippen LogP contribution in [0.1, 0.15) is 40.5 Å². The Morgan fingerprint density at radius 1 is 1.28 bits per heavy atom. The van der Waals surface area contributed by atoms with Crippen LogP contribution in [0.5, 0.6) is 0 Å². The summed E-state index contributed by atoms with van der Waals surface area (Å²) < 4.78 is 4.83. The molecule has 1 N–H and O–H groups in total.